The second kappa shape index (κ2) is 6.10. The van der Waals surface area contributed by atoms with Gasteiger partial charge in [-0.3, -0.25) is 0 Å². The van der Waals surface area contributed by atoms with E-state index in [9.17, 15) is 9.90 Å². The van der Waals surface area contributed by atoms with Crippen LogP contribution in [0, 0.1) is 0 Å². The number of nitrogens with zero attached hydrogens (tertiary/aromatic N) is 3. The number of benzene rings is 2. The molecular weight excluding hydrogens is 346 g/mol. The van der Waals surface area contributed by atoms with Crippen LogP contribution in [0.1, 0.15) is 22.3 Å². The van der Waals surface area contributed by atoms with Crippen LogP contribution in [0.3, 0.4) is 0 Å². The number of para-hydroxylation sites is 3. The van der Waals surface area contributed by atoms with Crippen molar-refractivity contribution in [2.24, 2.45) is 0 Å². The Morgan fingerprint density at radius 2 is 1.88 bits per heavy atom. The lowest BCUT2D eigenvalue weighted by molar-refractivity contribution is 0.0661. The third-order valence-electron chi connectivity index (χ3n) is 3.80. The van der Waals surface area contributed by atoms with Crippen molar-refractivity contribution in [3.8, 4) is 17.2 Å². The van der Waals surface area contributed by atoms with Crippen molar-refractivity contribution in [3.63, 3.8) is 0 Å². The maximum absolute atomic E-state index is 11.6. The van der Waals surface area contributed by atoms with Crippen LogP contribution in [0.25, 0.3) is 5.69 Å². The van der Waals surface area contributed by atoms with E-state index in [1.807, 2.05) is 12.1 Å². The maximum Gasteiger partial charge on any atom is 0.358 e. The molecule has 2 heterocycles. The van der Waals surface area contributed by atoms with Crippen molar-refractivity contribution in [1.82, 2.24) is 15.0 Å². The zero-order valence-electron chi connectivity index (χ0n) is 12.8. The molecule has 1 aliphatic heterocycles. The standard InChI is InChI=1S/C17H12ClN3O4/c18-10-5-1-2-6-11(10)21-16(15(17(22)23)19-20-21)14-9-24-12-7-3-4-8-13(12)25-14/h1-8,14H,9H2,(H,22,23). The van der Waals surface area contributed by atoms with Crippen LogP contribution >= 0.6 is 11.6 Å². The van der Waals surface area contributed by atoms with Crippen LogP contribution in [-0.4, -0.2) is 32.7 Å². The molecule has 1 atom stereocenters. The Bertz CT molecular complexity index is 957. The molecule has 0 saturated carbocycles. The maximum atomic E-state index is 11.6. The van der Waals surface area contributed by atoms with Gasteiger partial charge in [-0.1, -0.05) is 41.1 Å². The van der Waals surface area contributed by atoms with Gasteiger partial charge in [0, 0.05) is 0 Å². The molecule has 126 valence electrons. The molecule has 1 aromatic heterocycles. The lowest BCUT2D eigenvalue weighted by Gasteiger charge is -2.27. The molecule has 0 bridgehead atoms. The van der Waals surface area contributed by atoms with E-state index >= 15 is 0 Å². The van der Waals surface area contributed by atoms with Gasteiger partial charge in [0.05, 0.1) is 10.7 Å². The van der Waals surface area contributed by atoms with E-state index in [2.05, 4.69) is 10.3 Å². The second-order valence-electron chi connectivity index (χ2n) is 5.36. The molecule has 0 radical (unpaired) electrons. The number of hydrogen-bond donors (Lipinski definition) is 1. The molecule has 1 N–H and O–H groups in total. The molecule has 8 heteroatoms. The number of carboxylic acids is 1. The Morgan fingerprint density at radius 1 is 1.16 bits per heavy atom. The summed E-state index contributed by atoms with van der Waals surface area (Å²) in [5, 5.41) is 17.6. The Labute approximate surface area is 147 Å². The second-order valence-corrected chi connectivity index (χ2v) is 5.76. The van der Waals surface area contributed by atoms with E-state index in [1.165, 1.54) is 4.68 Å². The molecular formula is C17H12ClN3O4. The van der Waals surface area contributed by atoms with Crippen LogP contribution in [-0.2, 0) is 0 Å². The van der Waals surface area contributed by atoms with Crippen molar-refractivity contribution in [1.29, 1.82) is 0 Å². The number of ether oxygens (including phenoxy) is 2. The first-order chi connectivity index (χ1) is 12.1. The van der Waals surface area contributed by atoms with Crippen LogP contribution in [0.4, 0.5) is 0 Å². The molecule has 0 aliphatic carbocycles. The molecule has 2 aromatic carbocycles. The minimum Gasteiger partial charge on any atom is -0.485 e. The molecule has 4 rings (SSSR count). The summed E-state index contributed by atoms with van der Waals surface area (Å²) in [4.78, 5) is 11.6. The van der Waals surface area contributed by atoms with Gasteiger partial charge in [-0.15, -0.1) is 5.10 Å². The highest BCUT2D eigenvalue weighted by atomic mass is 35.5. The van der Waals surface area contributed by atoms with Crippen LogP contribution in [0.5, 0.6) is 11.5 Å². The zero-order valence-corrected chi connectivity index (χ0v) is 13.6. The van der Waals surface area contributed by atoms with Gasteiger partial charge in [-0.05, 0) is 24.3 Å². The van der Waals surface area contributed by atoms with Gasteiger partial charge in [0.2, 0.25) is 0 Å². The van der Waals surface area contributed by atoms with Crippen molar-refractivity contribution >= 4 is 17.6 Å². The molecule has 0 fully saturated rings. The Balaban J connectivity index is 1.83. The topological polar surface area (TPSA) is 86.5 Å². The number of aromatic nitrogens is 3. The smallest absolute Gasteiger partial charge is 0.358 e. The summed E-state index contributed by atoms with van der Waals surface area (Å²) in [6, 6.07) is 14.2. The van der Waals surface area contributed by atoms with Gasteiger partial charge in [0.1, 0.15) is 12.3 Å². The third kappa shape index (κ3) is 2.68. The minimum absolute atomic E-state index is 0.134. The highest BCUT2D eigenvalue weighted by Crippen LogP contribution is 2.37. The SMILES string of the molecule is O=C(O)c1nnn(-c2ccccc2Cl)c1C1COc2ccccc2O1. The van der Waals surface area contributed by atoms with Crippen molar-refractivity contribution in [2.75, 3.05) is 6.61 Å². The molecule has 0 saturated heterocycles. The lowest BCUT2D eigenvalue weighted by Crippen LogP contribution is -2.26. The van der Waals surface area contributed by atoms with Gasteiger partial charge in [0.15, 0.2) is 23.3 Å². The normalized spacial score (nSPS) is 15.8. The van der Waals surface area contributed by atoms with Crippen molar-refractivity contribution < 1.29 is 19.4 Å². The average Bonchev–Trinajstić information content (AvgIpc) is 3.07. The lowest BCUT2D eigenvalue weighted by atomic mass is 10.1. The van der Waals surface area contributed by atoms with E-state index in [-0.39, 0.29) is 18.0 Å². The van der Waals surface area contributed by atoms with E-state index < -0.39 is 12.1 Å². The number of halogens is 1. The zero-order chi connectivity index (χ0) is 17.4. The molecule has 1 aliphatic rings. The largest absolute Gasteiger partial charge is 0.485 e. The molecule has 0 amide bonds. The number of carbonyl (C=O) groups is 1. The first-order valence-corrected chi connectivity index (χ1v) is 7.85. The highest BCUT2D eigenvalue weighted by Gasteiger charge is 2.32. The molecule has 25 heavy (non-hydrogen) atoms. The predicted molar refractivity (Wildman–Crippen MR) is 88.6 cm³/mol. The summed E-state index contributed by atoms with van der Waals surface area (Å²) in [5.41, 5.74) is 0.588. The van der Waals surface area contributed by atoms with E-state index in [1.54, 1.807) is 36.4 Å². The first-order valence-electron chi connectivity index (χ1n) is 7.47. The summed E-state index contributed by atoms with van der Waals surface area (Å²) in [5.74, 6) is -0.0647. The van der Waals surface area contributed by atoms with Crippen LogP contribution < -0.4 is 9.47 Å². The summed E-state index contributed by atoms with van der Waals surface area (Å²) >= 11 is 6.23. The van der Waals surface area contributed by atoms with E-state index in [0.29, 0.717) is 22.2 Å². The Morgan fingerprint density at radius 3 is 2.64 bits per heavy atom. The number of rotatable bonds is 3. The number of fused-ring (bicyclic) bond motifs is 1. The molecule has 0 spiro atoms. The van der Waals surface area contributed by atoms with Gasteiger partial charge in [-0.2, -0.15) is 0 Å². The quantitative estimate of drug-likeness (QED) is 0.775. The van der Waals surface area contributed by atoms with Gasteiger partial charge in [0.25, 0.3) is 0 Å². The van der Waals surface area contributed by atoms with E-state index in [4.69, 9.17) is 21.1 Å². The Kier molecular flexibility index (Phi) is 3.77. The monoisotopic (exact) mass is 357 g/mol. The molecule has 7 nitrogen and oxygen atoms in total. The fourth-order valence-corrected chi connectivity index (χ4v) is 2.90. The predicted octanol–water partition coefficient (Wildman–Crippen LogP) is 3.13. The fraction of sp³-hybridized carbons (Fsp3) is 0.118. The van der Waals surface area contributed by atoms with Crippen LogP contribution in [0.2, 0.25) is 5.02 Å². The average molecular weight is 358 g/mol. The summed E-state index contributed by atoms with van der Waals surface area (Å²) in [7, 11) is 0. The highest BCUT2D eigenvalue weighted by molar-refractivity contribution is 6.32. The summed E-state index contributed by atoms with van der Waals surface area (Å²) in [6.07, 6.45) is -0.688. The fourth-order valence-electron chi connectivity index (χ4n) is 2.69. The molecule has 3 aromatic rings. The number of aromatic carboxylic acids is 1. The van der Waals surface area contributed by atoms with Crippen molar-refractivity contribution in [3.05, 3.63) is 64.9 Å². The third-order valence-corrected chi connectivity index (χ3v) is 4.12. The van der Waals surface area contributed by atoms with Crippen LogP contribution in [0.15, 0.2) is 48.5 Å². The van der Waals surface area contributed by atoms with Crippen molar-refractivity contribution in [2.45, 2.75) is 6.10 Å². The van der Waals surface area contributed by atoms with Gasteiger partial charge < -0.3 is 14.6 Å². The summed E-state index contributed by atoms with van der Waals surface area (Å²) < 4.78 is 13.0. The number of carboxylic acid groups (broad SMARTS) is 1. The van der Waals surface area contributed by atoms with Gasteiger partial charge >= 0.3 is 5.97 Å². The summed E-state index contributed by atoms with van der Waals surface area (Å²) in [6.45, 7) is 0.134. The first kappa shape index (κ1) is 15.5. The Hall–Kier alpha value is -3.06. The minimum atomic E-state index is -1.20. The van der Waals surface area contributed by atoms with Gasteiger partial charge in [-0.25, -0.2) is 9.48 Å². The van der Waals surface area contributed by atoms with E-state index in [0.717, 1.165) is 0 Å². The molecule has 1 unspecified atom stereocenters. The number of hydrogen-bond acceptors (Lipinski definition) is 5.